The summed E-state index contributed by atoms with van der Waals surface area (Å²) in [6, 6.07) is 25.0. The van der Waals surface area contributed by atoms with Gasteiger partial charge in [0.2, 0.25) is 0 Å². The Morgan fingerprint density at radius 3 is 1.75 bits per heavy atom. The second-order valence-corrected chi connectivity index (χ2v) is 6.87. The average Bonchev–Trinajstić information content (AvgIpc) is 2.75. The minimum atomic E-state index is 0.569. The molecule has 0 atom stereocenters. The molecule has 4 heteroatoms. The Morgan fingerprint density at radius 1 is 0.643 bits per heavy atom. The molecule has 3 aromatic carbocycles. The molecular weight excluding hydrogens is 348 g/mol. The lowest BCUT2D eigenvalue weighted by molar-refractivity contribution is 0.247. The molecule has 0 amide bonds. The van der Waals surface area contributed by atoms with Gasteiger partial charge in [0.25, 0.3) is 0 Å². The fourth-order valence-corrected chi connectivity index (χ4v) is 3.22. The van der Waals surface area contributed by atoms with E-state index in [0.29, 0.717) is 6.54 Å². The van der Waals surface area contributed by atoms with Gasteiger partial charge in [-0.3, -0.25) is 4.90 Å². The number of ether oxygens (including phenoxy) is 2. The fourth-order valence-electron chi connectivity index (χ4n) is 3.22. The molecule has 3 rings (SSSR count). The van der Waals surface area contributed by atoms with Crippen LogP contribution in [0.5, 0.6) is 11.5 Å². The molecule has 146 valence electrons. The summed E-state index contributed by atoms with van der Waals surface area (Å²) in [5.74, 6) is 1.76. The van der Waals surface area contributed by atoms with Gasteiger partial charge in [-0.15, -0.1) is 0 Å². The highest BCUT2D eigenvalue weighted by Gasteiger charge is 2.10. The molecule has 0 aliphatic rings. The van der Waals surface area contributed by atoms with Crippen LogP contribution < -0.4 is 15.2 Å². The summed E-state index contributed by atoms with van der Waals surface area (Å²) in [6.07, 6.45) is 0. The molecule has 0 aliphatic carbocycles. The van der Waals surface area contributed by atoms with E-state index in [1.807, 2.05) is 24.3 Å². The first-order chi connectivity index (χ1) is 13.7. The zero-order chi connectivity index (χ0) is 19.8. The predicted octanol–water partition coefficient (Wildman–Crippen LogP) is 4.36. The Bertz CT molecular complexity index is 811. The number of methoxy groups -OCH3 is 2. The number of hydrogen-bond acceptors (Lipinski definition) is 4. The first-order valence-corrected chi connectivity index (χ1v) is 9.46. The standard InChI is InChI=1S/C24H28N2O2/c1-27-23-12-10-21(11-13-23)17-26(16-20-8-6-19(15-25)7-9-20)18-22-4-3-5-24(14-22)28-2/h3-14H,15-18,25H2,1-2H3. The fraction of sp³-hybridized carbons (Fsp3) is 0.250. The lowest BCUT2D eigenvalue weighted by Gasteiger charge is -2.23. The highest BCUT2D eigenvalue weighted by molar-refractivity contribution is 5.30. The monoisotopic (exact) mass is 376 g/mol. The maximum Gasteiger partial charge on any atom is 0.119 e. The molecule has 0 heterocycles. The van der Waals surface area contributed by atoms with Crippen LogP contribution in [0, 0.1) is 0 Å². The first kappa shape index (κ1) is 19.9. The van der Waals surface area contributed by atoms with E-state index in [0.717, 1.165) is 36.7 Å². The molecule has 0 bridgehead atoms. The third-order valence-electron chi connectivity index (χ3n) is 4.77. The Balaban J connectivity index is 1.78. The van der Waals surface area contributed by atoms with Crippen molar-refractivity contribution in [2.45, 2.75) is 26.2 Å². The Morgan fingerprint density at radius 2 is 1.18 bits per heavy atom. The normalized spacial score (nSPS) is 10.9. The van der Waals surface area contributed by atoms with Crippen molar-refractivity contribution in [3.8, 4) is 11.5 Å². The molecule has 0 saturated carbocycles. The van der Waals surface area contributed by atoms with E-state index >= 15 is 0 Å². The van der Waals surface area contributed by atoms with Gasteiger partial charge in [-0.1, -0.05) is 48.5 Å². The summed E-state index contributed by atoms with van der Waals surface area (Å²) < 4.78 is 10.7. The van der Waals surface area contributed by atoms with Crippen LogP contribution in [0.3, 0.4) is 0 Å². The van der Waals surface area contributed by atoms with Crippen molar-refractivity contribution >= 4 is 0 Å². The van der Waals surface area contributed by atoms with Gasteiger partial charge in [-0.05, 0) is 46.5 Å². The number of rotatable bonds is 9. The lowest BCUT2D eigenvalue weighted by Crippen LogP contribution is -2.22. The number of nitrogens with zero attached hydrogens (tertiary/aromatic N) is 1. The van der Waals surface area contributed by atoms with Gasteiger partial charge in [0.15, 0.2) is 0 Å². The quantitative estimate of drug-likeness (QED) is 0.603. The summed E-state index contributed by atoms with van der Waals surface area (Å²) in [5, 5.41) is 0. The Hall–Kier alpha value is -2.82. The topological polar surface area (TPSA) is 47.7 Å². The molecule has 0 unspecified atom stereocenters. The lowest BCUT2D eigenvalue weighted by atomic mass is 10.1. The minimum Gasteiger partial charge on any atom is -0.497 e. The summed E-state index contributed by atoms with van der Waals surface area (Å²) >= 11 is 0. The zero-order valence-electron chi connectivity index (χ0n) is 16.6. The van der Waals surface area contributed by atoms with Gasteiger partial charge in [0, 0.05) is 26.2 Å². The summed E-state index contributed by atoms with van der Waals surface area (Å²) in [4.78, 5) is 2.42. The van der Waals surface area contributed by atoms with Crippen molar-refractivity contribution < 1.29 is 9.47 Å². The maximum absolute atomic E-state index is 5.72. The van der Waals surface area contributed by atoms with Crippen molar-refractivity contribution in [3.63, 3.8) is 0 Å². The second-order valence-electron chi connectivity index (χ2n) is 6.87. The van der Waals surface area contributed by atoms with Gasteiger partial charge < -0.3 is 15.2 Å². The first-order valence-electron chi connectivity index (χ1n) is 9.46. The SMILES string of the molecule is COc1ccc(CN(Cc2ccc(CN)cc2)Cc2cccc(OC)c2)cc1. The molecule has 0 saturated heterocycles. The number of benzene rings is 3. The van der Waals surface area contributed by atoms with E-state index in [2.05, 4.69) is 53.4 Å². The van der Waals surface area contributed by atoms with Crippen molar-refractivity contribution in [2.75, 3.05) is 14.2 Å². The van der Waals surface area contributed by atoms with Gasteiger partial charge >= 0.3 is 0 Å². The van der Waals surface area contributed by atoms with Gasteiger partial charge in [-0.25, -0.2) is 0 Å². The smallest absolute Gasteiger partial charge is 0.119 e. The third kappa shape index (κ3) is 5.59. The zero-order valence-corrected chi connectivity index (χ0v) is 16.6. The number of nitrogens with two attached hydrogens (primary N) is 1. The van der Waals surface area contributed by atoms with E-state index in [9.17, 15) is 0 Å². The second kappa shape index (κ2) is 9.93. The molecule has 0 aromatic heterocycles. The Kier molecular flexibility index (Phi) is 7.06. The van der Waals surface area contributed by atoms with Crippen molar-refractivity contribution in [2.24, 2.45) is 5.73 Å². The molecule has 0 spiro atoms. The highest BCUT2D eigenvalue weighted by Crippen LogP contribution is 2.19. The molecule has 4 nitrogen and oxygen atoms in total. The van der Waals surface area contributed by atoms with Crippen LogP contribution in [0.1, 0.15) is 22.3 Å². The molecular formula is C24H28N2O2. The molecule has 28 heavy (non-hydrogen) atoms. The summed E-state index contributed by atoms with van der Waals surface area (Å²) in [5.41, 5.74) is 10.6. The van der Waals surface area contributed by atoms with Crippen LogP contribution in [0.2, 0.25) is 0 Å². The average molecular weight is 377 g/mol. The van der Waals surface area contributed by atoms with Crippen LogP contribution in [-0.2, 0) is 26.2 Å². The van der Waals surface area contributed by atoms with Crippen molar-refractivity contribution in [3.05, 3.63) is 95.1 Å². The third-order valence-corrected chi connectivity index (χ3v) is 4.77. The maximum atomic E-state index is 5.72. The number of hydrogen-bond donors (Lipinski definition) is 1. The van der Waals surface area contributed by atoms with Crippen LogP contribution in [0.4, 0.5) is 0 Å². The molecule has 3 aromatic rings. The Labute approximate surface area is 167 Å². The van der Waals surface area contributed by atoms with Gasteiger partial charge in [0.05, 0.1) is 14.2 Å². The van der Waals surface area contributed by atoms with Crippen LogP contribution in [0.15, 0.2) is 72.8 Å². The highest BCUT2D eigenvalue weighted by atomic mass is 16.5. The summed E-state index contributed by atoms with van der Waals surface area (Å²) in [7, 11) is 3.39. The van der Waals surface area contributed by atoms with Crippen LogP contribution in [-0.4, -0.2) is 19.1 Å². The van der Waals surface area contributed by atoms with E-state index in [-0.39, 0.29) is 0 Å². The predicted molar refractivity (Wildman–Crippen MR) is 113 cm³/mol. The molecule has 2 N–H and O–H groups in total. The van der Waals surface area contributed by atoms with E-state index < -0.39 is 0 Å². The van der Waals surface area contributed by atoms with Gasteiger partial charge in [-0.2, -0.15) is 0 Å². The molecule has 0 aliphatic heterocycles. The molecule has 0 radical (unpaired) electrons. The van der Waals surface area contributed by atoms with E-state index in [4.69, 9.17) is 15.2 Å². The van der Waals surface area contributed by atoms with E-state index in [1.54, 1.807) is 14.2 Å². The molecule has 0 fully saturated rings. The summed E-state index contributed by atoms with van der Waals surface area (Å²) in [6.45, 7) is 3.11. The van der Waals surface area contributed by atoms with Gasteiger partial charge in [0.1, 0.15) is 11.5 Å². The van der Waals surface area contributed by atoms with E-state index in [1.165, 1.54) is 16.7 Å². The van der Waals surface area contributed by atoms with Crippen LogP contribution in [0.25, 0.3) is 0 Å². The van der Waals surface area contributed by atoms with Crippen molar-refractivity contribution in [1.29, 1.82) is 0 Å². The van der Waals surface area contributed by atoms with Crippen LogP contribution >= 0.6 is 0 Å². The van der Waals surface area contributed by atoms with Crippen molar-refractivity contribution in [1.82, 2.24) is 4.90 Å². The largest absolute Gasteiger partial charge is 0.497 e. The minimum absolute atomic E-state index is 0.569.